The van der Waals surface area contributed by atoms with E-state index in [9.17, 15) is 9.59 Å². The molecular weight excluding hydrogens is 288 g/mol. The van der Waals surface area contributed by atoms with E-state index in [1.54, 1.807) is 23.1 Å². The number of benzene rings is 1. The van der Waals surface area contributed by atoms with Crippen molar-refractivity contribution >= 4 is 29.5 Å². The molecule has 0 bridgehead atoms. The maximum atomic E-state index is 12.3. The highest BCUT2D eigenvalue weighted by Crippen LogP contribution is 2.22. The first kappa shape index (κ1) is 15.6. The summed E-state index contributed by atoms with van der Waals surface area (Å²) in [6.45, 7) is 2.39. The van der Waals surface area contributed by atoms with Crippen molar-refractivity contribution in [3.05, 3.63) is 40.9 Å². The molecule has 1 aliphatic heterocycles. The molecule has 4 nitrogen and oxygen atoms in total. The summed E-state index contributed by atoms with van der Waals surface area (Å²) in [7, 11) is 0. The summed E-state index contributed by atoms with van der Waals surface area (Å²) in [5.41, 5.74) is 6.21. The lowest BCUT2D eigenvalue weighted by molar-refractivity contribution is -0.133. The Morgan fingerprint density at radius 3 is 2.81 bits per heavy atom. The van der Waals surface area contributed by atoms with Crippen LogP contribution in [0, 0.1) is 5.92 Å². The number of rotatable bonds is 3. The van der Waals surface area contributed by atoms with Gasteiger partial charge in [-0.15, -0.1) is 0 Å². The Labute approximate surface area is 129 Å². The standard InChI is InChI=1S/C16H19ClN2O2/c1-11-5-7-13(16(18)21)10-19(11)15(20)8-6-12-3-2-4-14(17)9-12/h2-4,6,8-9,11,13H,5,7,10H2,1H3,(H2,18,21)/b8-6-/t11-,13+/m1/s1. The Morgan fingerprint density at radius 1 is 1.38 bits per heavy atom. The van der Waals surface area contributed by atoms with Crippen molar-refractivity contribution in [2.45, 2.75) is 25.8 Å². The smallest absolute Gasteiger partial charge is 0.246 e. The lowest BCUT2D eigenvalue weighted by atomic mass is 9.93. The van der Waals surface area contributed by atoms with Gasteiger partial charge in [0.25, 0.3) is 0 Å². The van der Waals surface area contributed by atoms with E-state index in [4.69, 9.17) is 17.3 Å². The van der Waals surface area contributed by atoms with E-state index >= 15 is 0 Å². The molecule has 112 valence electrons. The summed E-state index contributed by atoms with van der Waals surface area (Å²) < 4.78 is 0. The number of nitrogens with two attached hydrogens (primary N) is 1. The van der Waals surface area contributed by atoms with Gasteiger partial charge in [-0.2, -0.15) is 0 Å². The fourth-order valence-corrected chi connectivity index (χ4v) is 2.72. The van der Waals surface area contributed by atoms with Gasteiger partial charge in [0, 0.05) is 23.7 Å². The SMILES string of the molecule is C[C@@H]1CC[C@H](C(N)=O)CN1C(=O)/C=C\c1cccc(Cl)c1. The quantitative estimate of drug-likeness (QED) is 0.872. The molecule has 0 aliphatic carbocycles. The van der Waals surface area contributed by atoms with Crippen molar-refractivity contribution in [2.75, 3.05) is 6.54 Å². The summed E-state index contributed by atoms with van der Waals surface area (Å²) in [5.74, 6) is -0.684. The molecule has 1 saturated heterocycles. The molecular formula is C16H19ClN2O2. The molecule has 0 aromatic heterocycles. The third kappa shape index (κ3) is 4.08. The molecule has 1 aromatic rings. The third-order valence-corrected chi connectivity index (χ3v) is 4.07. The largest absolute Gasteiger partial charge is 0.369 e. The average Bonchev–Trinajstić information content (AvgIpc) is 2.45. The van der Waals surface area contributed by atoms with E-state index in [0.29, 0.717) is 11.6 Å². The van der Waals surface area contributed by atoms with Gasteiger partial charge in [-0.25, -0.2) is 0 Å². The number of hydrogen-bond acceptors (Lipinski definition) is 2. The van der Waals surface area contributed by atoms with Crippen LogP contribution in [-0.4, -0.2) is 29.3 Å². The molecule has 2 N–H and O–H groups in total. The van der Waals surface area contributed by atoms with E-state index in [1.165, 1.54) is 6.08 Å². The first-order valence-electron chi connectivity index (χ1n) is 7.01. The molecule has 1 fully saturated rings. The van der Waals surface area contributed by atoms with Crippen LogP contribution in [0.15, 0.2) is 30.3 Å². The van der Waals surface area contributed by atoms with Gasteiger partial charge in [0.2, 0.25) is 11.8 Å². The van der Waals surface area contributed by atoms with Crippen LogP contribution in [0.5, 0.6) is 0 Å². The Morgan fingerprint density at radius 2 is 2.14 bits per heavy atom. The molecule has 2 amide bonds. The van der Waals surface area contributed by atoms with E-state index in [-0.39, 0.29) is 23.8 Å². The number of piperidine rings is 1. The Kier molecular flexibility index (Phi) is 5.02. The molecule has 2 atom stereocenters. The van der Waals surface area contributed by atoms with Crippen LogP contribution in [0.25, 0.3) is 6.08 Å². The molecule has 0 spiro atoms. The Hall–Kier alpha value is -1.81. The summed E-state index contributed by atoms with van der Waals surface area (Å²) in [4.78, 5) is 25.3. The zero-order valence-electron chi connectivity index (χ0n) is 12.0. The number of hydrogen-bond donors (Lipinski definition) is 1. The Bertz CT molecular complexity index is 571. The van der Waals surface area contributed by atoms with Gasteiger partial charge in [0.05, 0.1) is 5.92 Å². The fraction of sp³-hybridized carbons (Fsp3) is 0.375. The van der Waals surface area contributed by atoms with Crippen LogP contribution in [0.3, 0.4) is 0 Å². The first-order valence-corrected chi connectivity index (χ1v) is 7.38. The number of likely N-dealkylation sites (tertiary alicyclic amines) is 1. The number of amides is 2. The van der Waals surface area contributed by atoms with Gasteiger partial charge in [0.1, 0.15) is 0 Å². The van der Waals surface area contributed by atoms with Crippen molar-refractivity contribution < 1.29 is 9.59 Å². The number of nitrogens with zero attached hydrogens (tertiary/aromatic N) is 1. The minimum Gasteiger partial charge on any atom is -0.369 e. The molecule has 1 aliphatic rings. The lowest BCUT2D eigenvalue weighted by Gasteiger charge is -2.36. The second kappa shape index (κ2) is 6.76. The Balaban J connectivity index is 2.06. The van der Waals surface area contributed by atoms with Crippen LogP contribution in [0.2, 0.25) is 5.02 Å². The molecule has 1 heterocycles. The van der Waals surface area contributed by atoms with Crippen LogP contribution in [-0.2, 0) is 9.59 Å². The molecule has 5 heteroatoms. The van der Waals surface area contributed by atoms with Crippen LogP contribution in [0.1, 0.15) is 25.3 Å². The van der Waals surface area contributed by atoms with Gasteiger partial charge >= 0.3 is 0 Å². The molecule has 21 heavy (non-hydrogen) atoms. The predicted molar refractivity (Wildman–Crippen MR) is 83.6 cm³/mol. The molecule has 0 radical (unpaired) electrons. The number of carbonyl (C=O) groups is 2. The van der Waals surface area contributed by atoms with Gasteiger partial charge in [0.15, 0.2) is 0 Å². The highest BCUT2D eigenvalue weighted by Gasteiger charge is 2.30. The van der Waals surface area contributed by atoms with Gasteiger partial charge < -0.3 is 10.6 Å². The molecule has 1 aromatic carbocycles. The first-order chi connectivity index (χ1) is 9.97. The second-order valence-electron chi connectivity index (χ2n) is 5.40. The van der Waals surface area contributed by atoms with Crippen molar-refractivity contribution in [3.63, 3.8) is 0 Å². The lowest BCUT2D eigenvalue weighted by Crippen LogP contribution is -2.48. The highest BCUT2D eigenvalue weighted by molar-refractivity contribution is 6.30. The van der Waals surface area contributed by atoms with Crippen molar-refractivity contribution in [2.24, 2.45) is 11.7 Å². The monoisotopic (exact) mass is 306 g/mol. The van der Waals surface area contributed by atoms with E-state index in [1.807, 2.05) is 19.1 Å². The normalized spacial score (nSPS) is 22.5. The van der Waals surface area contributed by atoms with Crippen LogP contribution in [0.4, 0.5) is 0 Å². The van der Waals surface area contributed by atoms with Crippen molar-refractivity contribution in [1.82, 2.24) is 4.90 Å². The summed E-state index contributed by atoms with van der Waals surface area (Å²) in [6, 6.07) is 7.40. The fourth-order valence-electron chi connectivity index (χ4n) is 2.52. The predicted octanol–water partition coefficient (Wildman–Crippen LogP) is 2.47. The van der Waals surface area contributed by atoms with E-state index in [0.717, 1.165) is 18.4 Å². The van der Waals surface area contributed by atoms with Crippen LogP contribution >= 0.6 is 11.6 Å². The number of carbonyl (C=O) groups excluding carboxylic acids is 2. The minimum atomic E-state index is -0.335. The number of primary amides is 1. The topological polar surface area (TPSA) is 63.4 Å². The highest BCUT2D eigenvalue weighted by atomic mass is 35.5. The second-order valence-corrected chi connectivity index (χ2v) is 5.84. The van der Waals surface area contributed by atoms with Crippen molar-refractivity contribution in [3.8, 4) is 0 Å². The summed E-state index contributed by atoms with van der Waals surface area (Å²) in [6.07, 6.45) is 4.79. The summed E-state index contributed by atoms with van der Waals surface area (Å²) >= 11 is 5.91. The number of halogens is 1. The average molecular weight is 307 g/mol. The van der Waals surface area contributed by atoms with Gasteiger partial charge in [-0.3, -0.25) is 9.59 Å². The van der Waals surface area contributed by atoms with Gasteiger partial charge in [-0.1, -0.05) is 23.7 Å². The minimum absolute atomic E-state index is 0.103. The molecule has 0 saturated carbocycles. The maximum Gasteiger partial charge on any atom is 0.246 e. The van der Waals surface area contributed by atoms with E-state index in [2.05, 4.69) is 0 Å². The molecule has 2 rings (SSSR count). The molecule has 0 unspecified atom stereocenters. The zero-order chi connectivity index (χ0) is 15.4. The van der Waals surface area contributed by atoms with Gasteiger partial charge in [-0.05, 0) is 43.5 Å². The zero-order valence-corrected chi connectivity index (χ0v) is 12.7. The van der Waals surface area contributed by atoms with Crippen LogP contribution < -0.4 is 5.73 Å². The maximum absolute atomic E-state index is 12.3. The summed E-state index contributed by atoms with van der Waals surface area (Å²) in [5, 5.41) is 0.629. The van der Waals surface area contributed by atoms with E-state index < -0.39 is 0 Å². The third-order valence-electron chi connectivity index (χ3n) is 3.83. The van der Waals surface area contributed by atoms with Crippen molar-refractivity contribution in [1.29, 1.82) is 0 Å².